The van der Waals surface area contributed by atoms with Gasteiger partial charge in [-0.2, -0.15) is 0 Å². The van der Waals surface area contributed by atoms with Crippen molar-refractivity contribution >= 4 is 17.8 Å². The molecule has 1 atom stereocenters. The lowest BCUT2D eigenvalue weighted by Gasteiger charge is -2.20. The van der Waals surface area contributed by atoms with Gasteiger partial charge in [0.15, 0.2) is 0 Å². The van der Waals surface area contributed by atoms with Crippen molar-refractivity contribution < 1.29 is 19.1 Å². The Morgan fingerprint density at radius 1 is 1.33 bits per heavy atom. The van der Waals surface area contributed by atoms with Crippen LogP contribution in [0.5, 0.6) is 5.75 Å². The number of nitrogens with one attached hydrogen (secondary N) is 2. The minimum Gasteiger partial charge on any atom is -0.496 e. The third kappa shape index (κ3) is 3.77. The first kappa shape index (κ1) is 19.2. The van der Waals surface area contributed by atoms with Crippen LogP contribution in [0.3, 0.4) is 0 Å². The molecule has 0 radical (unpaired) electrons. The highest BCUT2D eigenvalue weighted by Crippen LogP contribution is 2.35. The van der Waals surface area contributed by atoms with Crippen molar-refractivity contribution in [3.05, 3.63) is 29.3 Å². The molecule has 1 saturated carbocycles. The van der Waals surface area contributed by atoms with Gasteiger partial charge in [-0.15, -0.1) is 0 Å². The molecule has 1 saturated heterocycles. The molecule has 7 heteroatoms. The number of hydrogen-bond donors (Lipinski definition) is 2. The number of carbonyl (C=O) groups is 3. The summed E-state index contributed by atoms with van der Waals surface area (Å²) in [5, 5.41) is 5.75. The van der Waals surface area contributed by atoms with Crippen molar-refractivity contribution in [3.63, 3.8) is 0 Å². The molecule has 27 heavy (non-hydrogen) atoms. The van der Waals surface area contributed by atoms with E-state index in [1.54, 1.807) is 7.11 Å². The summed E-state index contributed by atoms with van der Waals surface area (Å²) in [5.41, 5.74) is 1.24. The summed E-state index contributed by atoms with van der Waals surface area (Å²) in [6, 6.07) is 5.18. The molecule has 0 unspecified atom stereocenters. The van der Waals surface area contributed by atoms with Crippen LogP contribution in [0.25, 0.3) is 0 Å². The molecule has 7 nitrogen and oxygen atoms in total. The number of imide groups is 1. The first-order chi connectivity index (χ1) is 12.9. The van der Waals surface area contributed by atoms with E-state index in [9.17, 15) is 14.4 Å². The lowest BCUT2D eigenvalue weighted by atomic mass is 9.98. The maximum absolute atomic E-state index is 12.6. The average molecular weight is 373 g/mol. The van der Waals surface area contributed by atoms with Crippen LogP contribution in [0.1, 0.15) is 56.2 Å². The number of nitrogens with zero attached hydrogens (tertiary/aromatic N) is 1. The molecular formula is C20H27N3O4. The Bertz CT molecular complexity index is 756. The minimum atomic E-state index is -0.726. The maximum atomic E-state index is 12.6. The minimum absolute atomic E-state index is 0.0771. The van der Waals surface area contributed by atoms with Gasteiger partial charge in [0.1, 0.15) is 11.3 Å². The molecule has 1 heterocycles. The Morgan fingerprint density at radius 3 is 2.70 bits per heavy atom. The second-order valence-corrected chi connectivity index (χ2v) is 7.46. The molecule has 1 aliphatic heterocycles. The zero-order chi connectivity index (χ0) is 19.6. The van der Waals surface area contributed by atoms with Crippen LogP contribution >= 0.6 is 0 Å². The van der Waals surface area contributed by atoms with Crippen LogP contribution < -0.4 is 15.4 Å². The smallest absolute Gasteiger partial charge is 0.325 e. The number of urea groups is 1. The first-order valence-corrected chi connectivity index (χ1v) is 9.44. The van der Waals surface area contributed by atoms with Gasteiger partial charge in [-0.1, -0.05) is 30.5 Å². The van der Waals surface area contributed by atoms with E-state index in [1.807, 2.05) is 32.0 Å². The van der Waals surface area contributed by atoms with Gasteiger partial charge in [0.2, 0.25) is 5.91 Å². The number of rotatable bonds is 6. The fourth-order valence-electron chi connectivity index (χ4n) is 3.99. The van der Waals surface area contributed by atoms with Gasteiger partial charge in [0, 0.05) is 18.5 Å². The summed E-state index contributed by atoms with van der Waals surface area (Å²) in [4.78, 5) is 38.3. The summed E-state index contributed by atoms with van der Waals surface area (Å²) >= 11 is 0. The average Bonchev–Trinajstić information content (AvgIpc) is 3.19. The highest BCUT2D eigenvalue weighted by atomic mass is 16.5. The topological polar surface area (TPSA) is 87.7 Å². The van der Waals surface area contributed by atoms with E-state index in [1.165, 1.54) is 4.90 Å². The number of carbonyl (C=O) groups excluding carboxylic acids is 3. The molecule has 1 aromatic rings. The van der Waals surface area contributed by atoms with Crippen LogP contribution in [0.15, 0.2) is 18.2 Å². The number of amides is 4. The van der Waals surface area contributed by atoms with E-state index >= 15 is 0 Å². The number of methoxy groups -OCH3 is 1. The number of hydrogen-bond acceptors (Lipinski definition) is 4. The number of benzene rings is 1. The van der Waals surface area contributed by atoms with Crippen molar-refractivity contribution in [2.75, 3.05) is 13.7 Å². The highest BCUT2D eigenvalue weighted by Gasteiger charge is 2.52. The monoisotopic (exact) mass is 373 g/mol. The van der Waals surface area contributed by atoms with E-state index in [2.05, 4.69) is 10.6 Å². The lowest BCUT2D eigenvalue weighted by molar-refractivity contribution is -0.131. The first-order valence-electron chi connectivity index (χ1n) is 9.44. The predicted octanol–water partition coefficient (Wildman–Crippen LogP) is 2.44. The van der Waals surface area contributed by atoms with Crippen LogP contribution in [0.2, 0.25) is 0 Å². The molecule has 2 N–H and O–H groups in total. The molecule has 1 spiro atoms. The largest absolute Gasteiger partial charge is 0.496 e. The normalized spacial score (nSPS) is 19.3. The van der Waals surface area contributed by atoms with E-state index in [-0.39, 0.29) is 36.9 Å². The van der Waals surface area contributed by atoms with Crippen molar-refractivity contribution in [3.8, 4) is 5.75 Å². The fourth-order valence-corrected chi connectivity index (χ4v) is 3.99. The zero-order valence-corrected chi connectivity index (χ0v) is 16.1. The second kappa shape index (κ2) is 7.58. The standard InChI is InChI=1S/C20H27N3O4/c1-13-6-7-16(27-3)15(12-13)14(2)21-17(24)8-11-23-18(25)20(22-19(23)26)9-4-5-10-20/h6-7,12,14H,4-5,8-11H2,1-3H3,(H,21,24)(H,22,26)/t14-/m0/s1. The summed E-state index contributed by atoms with van der Waals surface area (Å²) in [6.07, 6.45) is 3.33. The quantitative estimate of drug-likeness (QED) is 0.750. The Kier molecular flexibility index (Phi) is 5.39. The predicted molar refractivity (Wildman–Crippen MR) is 100 cm³/mol. The van der Waals surface area contributed by atoms with Crippen LogP contribution in [0.4, 0.5) is 4.79 Å². The van der Waals surface area contributed by atoms with E-state index in [0.717, 1.165) is 24.0 Å². The molecule has 4 amide bonds. The molecule has 0 aromatic heterocycles. The Labute approximate surface area is 159 Å². The van der Waals surface area contributed by atoms with Gasteiger partial charge in [-0.25, -0.2) is 4.79 Å². The van der Waals surface area contributed by atoms with Crippen molar-refractivity contribution in [2.45, 2.75) is 57.5 Å². The molecule has 3 rings (SSSR count). The van der Waals surface area contributed by atoms with E-state index < -0.39 is 5.54 Å². The van der Waals surface area contributed by atoms with Crippen molar-refractivity contribution in [1.82, 2.24) is 15.5 Å². The SMILES string of the molecule is COc1ccc(C)cc1[C@H](C)NC(=O)CCN1C(=O)NC2(CCCC2)C1=O. The van der Waals surface area contributed by atoms with E-state index in [4.69, 9.17) is 4.74 Å². The molecule has 146 valence electrons. The Balaban J connectivity index is 1.58. The van der Waals surface area contributed by atoms with Crippen LogP contribution in [-0.4, -0.2) is 41.9 Å². The van der Waals surface area contributed by atoms with Crippen LogP contribution in [0, 0.1) is 6.92 Å². The van der Waals surface area contributed by atoms with Gasteiger partial charge in [0.05, 0.1) is 13.2 Å². The third-order valence-corrected chi connectivity index (χ3v) is 5.49. The van der Waals surface area contributed by atoms with E-state index in [0.29, 0.717) is 18.6 Å². The summed E-state index contributed by atoms with van der Waals surface area (Å²) < 4.78 is 5.37. The summed E-state index contributed by atoms with van der Waals surface area (Å²) in [6.45, 7) is 3.96. The van der Waals surface area contributed by atoms with Gasteiger partial charge < -0.3 is 15.4 Å². The zero-order valence-electron chi connectivity index (χ0n) is 16.1. The van der Waals surface area contributed by atoms with Gasteiger partial charge in [-0.3, -0.25) is 14.5 Å². The lowest BCUT2D eigenvalue weighted by Crippen LogP contribution is -2.44. The summed E-state index contributed by atoms with van der Waals surface area (Å²) in [7, 11) is 1.60. The summed E-state index contributed by atoms with van der Waals surface area (Å²) in [5.74, 6) is 0.316. The fraction of sp³-hybridized carbons (Fsp3) is 0.550. The molecule has 1 aromatic carbocycles. The van der Waals surface area contributed by atoms with Crippen molar-refractivity contribution in [2.24, 2.45) is 0 Å². The third-order valence-electron chi connectivity index (χ3n) is 5.49. The highest BCUT2D eigenvalue weighted by molar-refractivity contribution is 6.07. The Morgan fingerprint density at radius 2 is 2.04 bits per heavy atom. The van der Waals surface area contributed by atoms with Crippen LogP contribution in [-0.2, 0) is 9.59 Å². The number of ether oxygens (including phenoxy) is 1. The molecule has 2 fully saturated rings. The molecule has 1 aliphatic carbocycles. The second-order valence-electron chi connectivity index (χ2n) is 7.46. The van der Waals surface area contributed by atoms with Gasteiger partial charge >= 0.3 is 6.03 Å². The van der Waals surface area contributed by atoms with Gasteiger partial charge in [0.25, 0.3) is 5.91 Å². The maximum Gasteiger partial charge on any atom is 0.325 e. The molecule has 0 bridgehead atoms. The van der Waals surface area contributed by atoms with Crippen molar-refractivity contribution in [1.29, 1.82) is 0 Å². The molecule has 2 aliphatic rings. The Hall–Kier alpha value is -2.57. The molecular weight excluding hydrogens is 346 g/mol. The van der Waals surface area contributed by atoms with Gasteiger partial charge in [-0.05, 0) is 32.8 Å². The number of aryl methyl sites for hydroxylation is 1.